The van der Waals surface area contributed by atoms with Gasteiger partial charge in [-0.1, -0.05) is 34.1 Å². The maximum atomic E-state index is 9.87. The molecule has 3 aromatic rings. The summed E-state index contributed by atoms with van der Waals surface area (Å²) in [6.07, 6.45) is 0. The van der Waals surface area contributed by atoms with Crippen LogP contribution < -0.4 is 24.7 Å². The van der Waals surface area contributed by atoms with Crippen LogP contribution in [0.3, 0.4) is 0 Å². The highest BCUT2D eigenvalue weighted by Crippen LogP contribution is 2.49. The number of nitrogens with two attached hydrogens (primary N) is 1. The van der Waals surface area contributed by atoms with Crippen LogP contribution in [0, 0.1) is 11.3 Å². The van der Waals surface area contributed by atoms with Gasteiger partial charge in [-0.3, -0.25) is 5.10 Å². The molecule has 0 saturated carbocycles. The molecule has 1 aliphatic rings. The van der Waals surface area contributed by atoms with Crippen molar-refractivity contribution in [2.24, 2.45) is 5.73 Å². The van der Waals surface area contributed by atoms with Crippen molar-refractivity contribution in [1.29, 1.82) is 5.26 Å². The third kappa shape index (κ3) is 3.35. The normalized spacial score (nSPS) is 15.0. The molecule has 4 rings (SSSR count). The van der Waals surface area contributed by atoms with Gasteiger partial charge in [0.15, 0.2) is 11.5 Å². The highest BCUT2D eigenvalue weighted by molar-refractivity contribution is 9.10. The number of H-pyrrole nitrogens is 1. The highest BCUT2D eigenvalue weighted by Gasteiger charge is 2.36. The smallest absolute Gasteiger partial charge is 0.244 e. The third-order valence-corrected chi connectivity index (χ3v) is 5.83. The molecule has 1 unspecified atom stereocenters. The quantitative estimate of drug-likeness (QED) is 0.562. The van der Waals surface area contributed by atoms with Gasteiger partial charge in [0.2, 0.25) is 17.5 Å². The lowest BCUT2D eigenvalue weighted by molar-refractivity contribution is 0.324. The van der Waals surface area contributed by atoms with Crippen LogP contribution in [0.4, 0.5) is 0 Å². The molecule has 9 heteroatoms. The van der Waals surface area contributed by atoms with Crippen LogP contribution in [0.5, 0.6) is 23.1 Å². The summed E-state index contributed by atoms with van der Waals surface area (Å²) in [5.41, 5.74) is 9.29. The summed E-state index contributed by atoms with van der Waals surface area (Å²) in [6, 6.07) is 13.5. The number of aromatic nitrogens is 2. The molecule has 0 aliphatic carbocycles. The number of hydrogen-bond donors (Lipinski definition) is 2. The molecule has 0 amide bonds. The van der Waals surface area contributed by atoms with Crippen LogP contribution in [-0.2, 0) is 0 Å². The first-order chi connectivity index (χ1) is 15.0. The molecule has 8 nitrogen and oxygen atoms in total. The number of allylic oxidation sites excluding steroid dienone is 1. The van der Waals surface area contributed by atoms with Crippen molar-refractivity contribution in [3.63, 3.8) is 0 Å². The van der Waals surface area contributed by atoms with Gasteiger partial charge >= 0.3 is 0 Å². The van der Waals surface area contributed by atoms with Gasteiger partial charge in [-0.05, 0) is 23.8 Å². The van der Waals surface area contributed by atoms with Gasteiger partial charge in [0.25, 0.3) is 0 Å². The number of nitrogens with zero attached hydrogens (tertiary/aromatic N) is 2. The zero-order valence-corrected chi connectivity index (χ0v) is 18.6. The van der Waals surface area contributed by atoms with Crippen LogP contribution >= 0.6 is 15.9 Å². The second kappa shape index (κ2) is 8.24. The van der Waals surface area contributed by atoms with E-state index < -0.39 is 5.92 Å². The summed E-state index contributed by atoms with van der Waals surface area (Å²) in [6.45, 7) is 0. The number of fused-ring (bicyclic) bond motifs is 1. The molecule has 158 valence electrons. The van der Waals surface area contributed by atoms with Gasteiger partial charge in [0.05, 0.1) is 38.5 Å². The molecule has 1 aliphatic heterocycles. The minimum Gasteiger partial charge on any atom is -0.493 e. The van der Waals surface area contributed by atoms with Crippen molar-refractivity contribution < 1.29 is 18.9 Å². The van der Waals surface area contributed by atoms with E-state index in [4.69, 9.17) is 24.7 Å². The molecule has 2 aromatic carbocycles. The third-order valence-electron chi connectivity index (χ3n) is 5.11. The fourth-order valence-corrected chi connectivity index (χ4v) is 4.22. The topological polar surface area (TPSA) is 115 Å². The Hall–Kier alpha value is -3.64. The maximum Gasteiger partial charge on any atom is 0.244 e. The first-order valence-corrected chi connectivity index (χ1v) is 10.0. The summed E-state index contributed by atoms with van der Waals surface area (Å²) >= 11 is 3.59. The molecule has 0 spiro atoms. The summed E-state index contributed by atoms with van der Waals surface area (Å²) in [4.78, 5) is 0. The average Bonchev–Trinajstić information content (AvgIpc) is 3.20. The van der Waals surface area contributed by atoms with Crippen molar-refractivity contribution in [2.45, 2.75) is 5.92 Å². The number of halogens is 1. The van der Waals surface area contributed by atoms with Crippen LogP contribution in [0.15, 0.2) is 52.3 Å². The number of benzene rings is 2. The van der Waals surface area contributed by atoms with Gasteiger partial charge in [0, 0.05) is 10.0 Å². The second-order valence-corrected chi connectivity index (χ2v) is 7.53. The van der Waals surface area contributed by atoms with Gasteiger partial charge in [-0.25, -0.2) is 0 Å². The Morgan fingerprint density at radius 2 is 1.81 bits per heavy atom. The zero-order valence-electron chi connectivity index (χ0n) is 17.0. The molecular weight excluding hydrogens is 464 g/mol. The van der Waals surface area contributed by atoms with E-state index in [1.807, 2.05) is 24.3 Å². The van der Waals surface area contributed by atoms with E-state index in [-0.39, 0.29) is 5.88 Å². The molecule has 2 heterocycles. The maximum absolute atomic E-state index is 9.87. The van der Waals surface area contributed by atoms with E-state index in [1.54, 1.807) is 33.5 Å². The Labute approximate surface area is 187 Å². The van der Waals surface area contributed by atoms with E-state index >= 15 is 0 Å². The van der Waals surface area contributed by atoms with Crippen molar-refractivity contribution >= 4 is 15.9 Å². The number of rotatable bonds is 5. The lowest BCUT2D eigenvalue weighted by atomic mass is 9.83. The first-order valence-electron chi connectivity index (χ1n) is 9.24. The molecule has 0 saturated heterocycles. The summed E-state index contributed by atoms with van der Waals surface area (Å²) < 4.78 is 22.9. The van der Waals surface area contributed by atoms with Crippen LogP contribution in [-0.4, -0.2) is 31.5 Å². The molecule has 0 fully saturated rings. The predicted octanol–water partition coefficient (Wildman–Crippen LogP) is 4.08. The number of methoxy groups -OCH3 is 3. The Balaban J connectivity index is 1.98. The fourth-order valence-electron chi connectivity index (χ4n) is 3.71. The molecule has 3 N–H and O–H groups in total. The summed E-state index contributed by atoms with van der Waals surface area (Å²) in [7, 11) is 4.64. The number of nitrogens with one attached hydrogen (secondary N) is 1. The van der Waals surface area contributed by atoms with Crippen LogP contribution in [0.25, 0.3) is 11.3 Å². The van der Waals surface area contributed by atoms with Gasteiger partial charge in [0.1, 0.15) is 11.6 Å². The van der Waals surface area contributed by atoms with Crippen molar-refractivity contribution in [1.82, 2.24) is 10.2 Å². The molecule has 1 aromatic heterocycles. The largest absolute Gasteiger partial charge is 0.493 e. The average molecular weight is 483 g/mol. The minimum absolute atomic E-state index is 0.0266. The van der Waals surface area contributed by atoms with Gasteiger partial charge in [-0.2, -0.15) is 5.26 Å². The lowest BCUT2D eigenvalue weighted by Gasteiger charge is -2.25. The number of nitriles is 1. The molecule has 31 heavy (non-hydrogen) atoms. The standard InChI is InChI=1S/C22H19BrN4O4/c1-28-15-8-11(9-16(29-2)20(15)30-3)19-18-17(12-6-4-5-7-14(12)23)13(10-24)21(25)31-22(18)27-26-19/h4-9,17H,25H2,1-3H3,(H,26,27). The van der Waals surface area contributed by atoms with E-state index in [2.05, 4.69) is 32.2 Å². The molecular formula is C22H19BrN4O4. The highest BCUT2D eigenvalue weighted by atomic mass is 79.9. The Morgan fingerprint density at radius 3 is 2.39 bits per heavy atom. The second-order valence-electron chi connectivity index (χ2n) is 6.68. The fraction of sp³-hybridized carbons (Fsp3) is 0.182. The molecule has 0 bridgehead atoms. The number of hydrogen-bond acceptors (Lipinski definition) is 7. The van der Waals surface area contributed by atoms with Gasteiger partial charge in [-0.15, -0.1) is 5.10 Å². The summed E-state index contributed by atoms with van der Waals surface area (Å²) in [5, 5.41) is 17.2. The number of aromatic amines is 1. The van der Waals surface area contributed by atoms with Crippen molar-refractivity contribution in [3.05, 3.63) is 63.5 Å². The Morgan fingerprint density at radius 1 is 1.13 bits per heavy atom. The van der Waals surface area contributed by atoms with E-state index in [1.165, 1.54) is 0 Å². The minimum atomic E-state index is -0.489. The van der Waals surface area contributed by atoms with Crippen molar-refractivity contribution in [2.75, 3.05) is 21.3 Å². The SMILES string of the molecule is COc1cc(-c2[nH]nc3c2C(c2ccccc2Br)C(C#N)=C(N)O3)cc(OC)c1OC. The van der Waals surface area contributed by atoms with Crippen LogP contribution in [0.1, 0.15) is 17.0 Å². The predicted molar refractivity (Wildman–Crippen MR) is 117 cm³/mol. The lowest BCUT2D eigenvalue weighted by Crippen LogP contribution is -2.21. The Bertz CT molecular complexity index is 1200. The van der Waals surface area contributed by atoms with Gasteiger partial charge < -0.3 is 24.7 Å². The van der Waals surface area contributed by atoms with Crippen molar-refractivity contribution in [3.8, 4) is 40.5 Å². The first kappa shape index (κ1) is 20.6. The molecule has 0 radical (unpaired) electrons. The zero-order chi connectivity index (χ0) is 22.1. The molecule has 1 atom stereocenters. The van der Waals surface area contributed by atoms with Crippen LogP contribution in [0.2, 0.25) is 0 Å². The Kier molecular flexibility index (Phi) is 5.48. The monoisotopic (exact) mass is 482 g/mol. The summed E-state index contributed by atoms with van der Waals surface area (Å²) in [5.74, 6) is 1.30. The van der Waals surface area contributed by atoms with E-state index in [0.29, 0.717) is 40.0 Å². The van der Waals surface area contributed by atoms with E-state index in [9.17, 15) is 5.26 Å². The number of ether oxygens (including phenoxy) is 4. The van der Waals surface area contributed by atoms with E-state index in [0.717, 1.165) is 15.6 Å².